The molecule has 4 aromatic carbocycles. The quantitative estimate of drug-likeness (QED) is 0.238. The van der Waals surface area contributed by atoms with Crippen LogP contribution in [0.2, 0.25) is 0 Å². The molecule has 7 rings (SSSR count). The molecule has 11 heteroatoms. The van der Waals surface area contributed by atoms with Crippen molar-refractivity contribution >= 4 is 33.8 Å². The third kappa shape index (κ3) is 6.72. The Morgan fingerprint density at radius 3 is 2.36 bits per heavy atom. The molecule has 0 aliphatic rings. The van der Waals surface area contributed by atoms with E-state index in [1.165, 1.54) is 11.3 Å². The van der Waals surface area contributed by atoms with Gasteiger partial charge in [0.1, 0.15) is 5.82 Å². The molecule has 9 nitrogen and oxygen atoms in total. The molecule has 0 saturated carbocycles. The molecule has 3 aromatic heterocycles. The van der Waals surface area contributed by atoms with Crippen LogP contribution in [0.3, 0.4) is 0 Å². The summed E-state index contributed by atoms with van der Waals surface area (Å²) in [4.78, 5) is 35.0. The minimum Gasteiger partial charge on any atom is -1.00 e. The first-order valence-corrected chi connectivity index (χ1v) is 15.8. The van der Waals surface area contributed by atoms with E-state index < -0.39 is 0 Å². The first-order chi connectivity index (χ1) is 22.6. The molecule has 1 N–H and O–H groups in total. The van der Waals surface area contributed by atoms with E-state index >= 15 is 0 Å². The molecule has 0 aliphatic carbocycles. The van der Waals surface area contributed by atoms with Gasteiger partial charge in [0.25, 0.3) is 11.5 Å². The Morgan fingerprint density at radius 1 is 0.894 bits per heavy atom. The number of hydrogen-bond acceptors (Lipinski definition) is 7. The van der Waals surface area contributed by atoms with E-state index in [2.05, 4.69) is 20.6 Å². The second-order valence-electron chi connectivity index (χ2n) is 10.8. The predicted octanol–water partition coefficient (Wildman–Crippen LogP) is 3.88. The first-order valence-electron chi connectivity index (χ1n) is 14.9. The summed E-state index contributed by atoms with van der Waals surface area (Å²) in [7, 11) is 0. The van der Waals surface area contributed by atoms with Crippen molar-refractivity contribution in [3.63, 3.8) is 0 Å². The number of fused-ring (bicyclic) bond motifs is 1. The molecular weight excluding hydrogens is 618 g/mol. The number of nitrogens with zero attached hydrogens (tertiary/aromatic N) is 6. The zero-order valence-corrected chi connectivity index (χ0v) is 28.8. The van der Waals surface area contributed by atoms with E-state index in [1.807, 2.05) is 115 Å². The fourth-order valence-corrected chi connectivity index (χ4v) is 6.29. The SMILES string of the molecule is CCc1nc2ccc(N(Cc3ccccc3)C(=O)c3cccs3)cc2c(=O)n1Cc1ccc(-c2ccccc2-c2nn[nH]n2)cc1.[H-].[Na+]. The van der Waals surface area contributed by atoms with Gasteiger partial charge in [-0.15, -0.1) is 21.5 Å². The molecule has 228 valence electrons. The second kappa shape index (κ2) is 14.4. The largest absolute Gasteiger partial charge is 1.00 e. The van der Waals surface area contributed by atoms with Gasteiger partial charge in [-0.2, -0.15) is 5.21 Å². The molecule has 0 radical (unpaired) electrons. The van der Waals surface area contributed by atoms with Gasteiger partial charge in [-0.3, -0.25) is 14.2 Å². The van der Waals surface area contributed by atoms with Crippen molar-refractivity contribution in [1.29, 1.82) is 0 Å². The Hall–Kier alpha value is -4.74. The van der Waals surface area contributed by atoms with Crippen molar-refractivity contribution in [2.75, 3.05) is 4.90 Å². The number of anilines is 1. The van der Waals surface area contributed by atoms with Gasteiger partial charge in [-0.25, -0.2) is 4.98 Å². The third-order valence-corrected chi connectivity index (χ3v) is 8.78. The minimum atomic E-state index is -0.140. The monoisotopic (exact) mass is 647 g/mol. The van der Waals surface area contributed by atoms with E-state index in [9.17, 15) is 9.59 Å². The average Bonchev–Trinajstić information content (AvgIpc) is 3.85. The van der Waals surface area contributed by atoms with Crippen molar-refractivity contribution in [2.45, 2.75) is 26.4 Å². The van der Waals surface area contributed by atoms with Gasteiger partial charge in [-0.05, 0) is 57.1 Å². The fourth-order valence-electron chi connectivity index (χ4n) is 5.61. The van der Waals surface area contributed by atoms with Gasteiger partial charge in [0, 0.05) is 17.7 Å². The topological polar surface area (TPSA) is 110 Å². The van der Waals surface area contributed by atoms with Crippen molar-refractivity contribution in [2.24, 2.45) is 0 Å². The first kappa shape index (κ1) is 32.2. The summed E-state index contributed by atoms with van der Waals surface area (Å²) in [5, 5.41) is 16.9. The number of nitrogens with one attached hydrogen (secondary N) is 1. The van der Waals surface area contributed by atoms with Crippen LogP contribution in [0.15, 0.2) is 119 Å². The number of aromatic amines is 1. The molecule has 47 heavy (non-hydrogen) atoms. The Bertz CT molecular complexity index is 2190. The Balaban J connectivity index is 0.00000225. The van der Waals surface area contributed by atoms with Crippen LogP contribution < -0.4 is 40.0 Å². The van der Waals surface area contributed by atoms with Crippen molar-refractivity contribution in [1.82, 2.24) is 30.2 Å². The molecule has 0 spiro atoms. The molecule has 0 saturated heterocycles. The van der Waals surface area contributed by atoms with Gasteiger partial charge < -0.3 is 6.33 Å². The molecule has 1 amide bonds. The number of H-pyrrole nitrogens is 1. The van der Waals surface area contributed by atoms with E-state index in [-0.39, 0.29) is 42.5 Å². The van der Waals surface area contributed by atoms with E-state index in [0.29, 0.717) is 52.6 Å². The van der Waals surface area contributed by atoms with Gasteiger partial charge in [0.15, 0.2) is 0 Å². The van der Waals surface area contributed by atoms with Gasteiger partial charge in [0.2, 0.25) is 5.82 Å². The summed E-state index contributed by atoms with van der Waals surface area (Å²) >= 11 is 1.40. The maximum Gasteiger partial charge on any atom is 1.00 e. The smallest absolute Gasteiger partial charge is 1.00 e. The third-order valence-electron chi connectivity index (χ3n) is 7.92. The number of benzene rings is 4. The normalized spacial score (nSPS) is 10.9. The fraction of sp³-hybridized carbons (Fsp3) is 0.111. The molecule has 7 aromatic rings. The summed E-state index contributed by atoms with van der Waals surface area (Å²) in [5.74, 6) is 1.12. The van der Waals surface area contributed by atoms with E-state index in [1.54, 1.807) is 15.5 Å². The number of aryl methyl sites for hydroxylation is 1. The van der Waals surface area contributed by atoms with Crippen LogP contribution in [0.4, 0.5) is 5.69 Å². The molecular formula is C36H30N7NaO2S. The minimum absolute atomic E-state index is 0. The number of carbonyl (C=O) groups is 1. The molecule has 0 bridgehead atoms. The van der Waals surface area contributed by atoms with Crippen LogP contribution in [-0.4, -0.2) is 36.1 Å². The Kier molecular flexibility index (Phi) is 9.84. The Labute approximate surface area is 298 Å². The summed E-state index contributed by atoms with van der Waals surface area (Å²) in [5.41, 5.74) is 5.94. The van der Waals surface area contributed by atoms with Crippen LogP contribution in [0, 0.1) is 0 Å². The van der Waals surface area contributed by atoms with Crippen LogP contribution in [-0.2, 0) is 19.5 Å². The number of rotatable bonds is 9. The zero-order valence-electron chi connectivity index (χ0n) is 27.0. The number of hydrogen-bond donors (Lipinski definition) is 1. The van der Waals surface area contributed by atoms with Crippen molar-refractivity contribution < 1.29 is 35.8 Å². The predicted molar refractivity (Wildman–Crippen MR) is 182 cm³/mol. The number of aromatic nitrogens is 6. The van der Waals surface area contributed by atoms with E-state index in [4.69, 9.17) is 4.98 Å². The maximum absolute atomic E-state index is 14.1. The Morgan fingerprint density at radius 2 is 1.66 bits per heavy atom. The summed E-state index contributed by atoms with van der Waals surface area (Å²) in [6.07, 6.45) is 0.597. The van der Waals surface area contributed by atoms with Crippen molar-refractivity contribution in [3.05, 3.63) is 147 Å². The summed E-state index contributed by atoms with van der Waals surface area (Å²) in [6.45, 7) is 2.74. The standard InChI is InChI=1S/C36H29N7O2S.Na.H/c1-2-33-37-31-19-18-27(42(22-24-9-4-3-5-10-24)36(45)32-13-8-20-46-32)21-30(31)35(44)43(33)23-25-14-16-26(17-15-25)28-11-6-7-12-29(28)34-38-40-41-39-34;;/h3-21H,2,22-23H2,1H3,(H,38,39,40,41);;/q;+1;-1. The summed E-state index contributed by atoms with van der Waals surface area (Å²) < 4.78 is 1.73. The van der Waals surface area contributed by atoms with Gasteiger partial charge >= 0.3 is 29.6 Å². The van der Waals surface area contributed by atoms with Crippen LogP contribution in [0.5, 0.6) is 0 Å². The number of tetrazole rings is 1. The number of amides is 1. The summed E-state index contributed by atoms with van der Waals surface area (Å²) in [6, 6.07) is 35.1. The zero-order chi connectivity index (χ0) is 31.5. The number of carbonyl (C=O) groups excluding carboxylic acids is 1. The van der Waals surface area contributed by atoms with Gasteiger partial charge in [0.05, 0.1) is 28.9 Å². The van der Waals surface area contributed by atoms with Crippen molar-refractivity contribution in [3.8, 4) is 22.5 Å². The van der Waals surface area contributed by atoms with Crippen LogP contribution >= 0.6 is 11.3 Å². The molecule has 0 atom stereocenters. The number of thiophene rings is 1. The van der Waals surface area contributed by atoms with E-state index in [0.717, 1.165) is 27.8 Å². The molecule has 0 unspecified atom stereocenters. The second-order valence-corrected chi connectivity index (χ2v) is 11.8. The van der Waals surface area contributed by atoms with Gasteiger partial charge in [-0.1, -0.05) is 91.9 Å². The molecule has 3 heterocycles. The average molecular weight is 648 g/mol. The maximum atomic E-state index is 14.1. The van der Waals surface area contributed by atoms with Crippen LogP contribution in [0.1, 0.15) is 35.0 Å². The van der Waals surface area contributed by atoms with Crippen LogP contribution in [0.25, 0.3) is 33.4 Å². The molecule has 0 fully saturated rings. The molecule has 0 aliphatic heterocycles.